The van der Waals surface area contributed by atoms with Crippen LogP contribution in [0.4, 0.5) is 0 Å². The lowest BCUT2D eigenvalue weighted by Gasteiger charge is -2.37. The highest BCUT2D eigenvalue weighted by Gasteiger charge is 2.34. The van der Waals surface area contributed by atoms with E-state index >= 15 is 0 Å². The maximum Gasteiger partial charge on any atom is 0.253 e. The van der Waals surface area contributed by atoms with Gasteiger partial charge in [-0.3, -0.25) is 9.59 Å². The molecule has 1 saturated heterocycles. The van der Waals surface area contributed by atoms with E-state index in [2.05, 4.69) is 17.4 Å². The molecule has 0 bridgehead atoms. The average Bonchev–Trinajstić information content (AvgIpc) is 2.68. The van der Waals surface area contributed by atoms with Gasteiger partial charge in [-0.2, -0.15) is 0 Å². The standard InChI is InChI=1S/C21H24N2O2/c1-2-22-20(24)19-13-18(16-9-5-3-6-10-16)14-23(15-19)21(25)17-11-7-4-8-12-17/h3-12,18-19H,2,13-15H2,1H3,(H,22,24)/t18-,19-/m1/s1. The predicted molar refractivity (Wildman–Crippen MR) is 98.3 cm³/mol. The summed E-state index contributed by atoms with van der Waals surface area (Å²) in [6, 6.07) is 19.5. The largest absolute Gasteiger partial charge is 0.356 e. The highest BCUT2D eigenvalue weighted by Crippen LogP contribution is 2.31. The fraction of sp³-hybridized carbons (Fsp3) is 0.333. The minimum atomic E-state index is -0.174. The van der Waals surface area contributed by atoms with Crippen molar-refractivity contribution in [2.75, 3.05) is 19.6 Å². The van der Waals surface area contributed by atoms with E-state index in [-0.39, 0.29) is 23.7 Å². The molecule has 0 saturated carbocycles. The summed E-state index contributed by atoms with van der Waals surface area (Å²) < 4.78 is 0. The molecule has 1 heterocycles. The number of carbonyl (C=O) groups excluding carboxylic acids is 2. The van der Waals surface area contributed by atoms with Gasteiger partial charge >= 0.3 is 0 Å². The number of piperidine rings is 1. The third-order valence-electron chi connectivity index (χ3n) is 4.75. The molecule has 0 spiro atoms. The summed E-state index contributed by atoms with van der Waals surface area (Å²) in [5.41, 5.74) is 1.85. The smallest absolute Gasteiger partial charge is 0.253 e. The molecule has 3 rings (SSSR count). The van der Waals surface area contributed by atoms with Crippen LogP contribution in [0.15, 0.2) is 60.7 Å². The molecule has 25 heavy (non-hydrogen) atoms. The quantitative estimate of drug-likeness (QED) is 0.933. The van der Waals surface area contributed by atoms with Gasteiger partial charge in [0, 0.05) is 31.1 Å². The van der Waals surface area contributed by atoms with E-state index < -0.39 is 0 Å². The van der Waals surface area contributed by atoms with Gasteiger partial charge in [0.1, 0.15) is 0 Å². The topological polar surface area (TPSA) is 49.4 Å². The van der Waals surface area contributed by atoms with Crippen LogP contribution in [0.1, 0.15) is 35.2 Å². The number of hydrogen-bond acceptors (Lipinski definition) is 2. The van der Waals surface area contributed by atoms with Crippen LogP contribution in [-0.2, 0) is 4.79 Å². The number of nitrogens with one attached hydrogen (secondary N) is 1. The van der Waals surface area contributed by atoms with Crippen LogP contribution in [0.3, 0.4) is 0 Å². The molecule has 2 aromatic rings. The molecule has 1 aliphatic rings. The average molecular weight is 336 g/mol. The van der Waals surface area contributed by atoms with Gasteiger partial charge in [0.05, 0.1) is 5.92 Å². The number of carbonyl (C=O) groups is 2. The van der Waals surface area contributed by atoms with E-state index in [4.69, 9.17) is 0 Å². The van der Waals surface area contributed by atoms with Gasteiger partial charge in [-0.1, -0.05) is 48.5 Å². The molecule has 1 aliphatic heterocycles. The van der Waals surface area contributed by atoms with Gasteiger partial charge in [0.25, 0.3) is 5.91 Å². The molecule has 1 N–H and O–H groups in total. The zero-order valence-electron chi connectivity index (χ0n) is 14.5. The van der Waals surface area contributed by atoms with Gasteiger partial charge in [-0.05, 0) is 31.0 Å². The summed E-state index contributed by atoms with van der Waals surface area (Å²) in [6.07, 6.45) is 0.772. The Labute approximate surface area is 148 Å². The molecular formula is C21H24N2O2. The van der Waals surface area contributed by atoms with E-state index in [9.17, 15) is 9.59 Å². The lowest BCUT2D eigenvalue weighted by atomic mass is 9.83. The van der Waals surface area contributed by atoms with E-state index in [0.29, 0.717) is 25.2 Å². The first-order valence-electron chi connectivity index (χ1n) is 8.86. The number of rotatable bonds is 4. The molecule has 0 unspecified atom stereocenters. The highest BCUT2D eigenvalue weighted by molar-refractivity contribution is 5.94. The molecule has 2 aromatic carbocycles. The normalized spacial score (nSPS) is 20.1. The summed E-state index contributed by atoms with van der Waals surface area (Å²) in [5, 5.41) is 2.91. The van der Waals surface area contributed by atoms with Crippen molar-refractivity contribution in [3.8, 4) is 0 Å². The number of benzene rings is 2. The summed E-state index contributed by atoms with van der Waals surface area (Å²) in [7, 11) is 0. The fourth-order valence-corrected chi connectivity index (χ4v) is 3.50. The Hall–Kier alpha value is -2.62. The molecular weight excluding hydrogens is 312 g/mol. The summed E-state index contributed by atoms with van der Waals surface area (Å²) in [5.74, 6) is 0.0336. The van der Waals surface area contributed by atoms with Gasteiger partial charge < -0.3 is 10.2 Å². The first-order valence-corrected chi connectivity index (χ1v) is 8.86. The Morgan fingerprint density at radius 3 is 2.28 bits per heavy atom. The molecule has 2 atom stereocenters. The minimum Gasteiger partial charge on any atom is -0.356 e. The summed E-state index contributed by atoms with van der Waals surface area (Å²) in [6.45, 7) is 3.65. The Morgan fingerprint density at radius 1 is 1.00 bits per heavy atom. The third kappa shape index (κ3) is 4.08. The minimum absolute atomic E-state index is 0.00414. The van der Waals surface area contributed by atoms with Gasteiger partial charge in [0.2, 0.25) is 5.91 Å². The van der Waals surface area contributed by atoms with Crippen molar-refractivity contribution in [3.05, 3.63) is 71.8 Å². The number of hydrogen-bond donors (Lipinski definition) is 1. The lowest BCUT2D eigenvalue weighted by Crippen LogP contribution is -2.48. The molecule has 0 aliphatic carbocycles. The maximum atomic E-state index is 12.9. The Kier molecular flexibility index (Phi) is 5.49. The van der Waals surface area contributed by atoms with Crippen molar-refractivity contribution in [2.24, 2.45) is 5.92 Å². The fourth-order valence-electron chi connectivity index (χ4n) is 3.50. The molecule has 130 valence electrons. The first kappa shape index (κ1) is 17.2. The molecule has 0 aromatic heterocycles. The van der Waals surface area contributed by atoms with Gasteiger partial charge in [-0.15, -0.1) is 0 Å². The Balaban J connectivity index is 1.84. The van der Waals surface area contributed by atoms with Crippen LogP contribution >= 0.6 is 0 Å². The van der Waals surface area contributed by atoms with E-state index in [0.717, 1.165) is 6.42 Å². The Bertz CT molecular complexity index is 715. The molecule has 4 heteroatoms. The second kappa shape index (κ2) is 7.97. The van der Waals surface area contributed by atoms with Crippen molar-refractivity contribution < 1.29 is 9.59 Å². The second-order valence-electron chi connectivity index (χ2n) is 6.51. The van der Waals surface area contributed by atoms with Crippen LogP contribution in [0, 0.1) is 5.92 Å². The molecule has 4 nitrogen and oxygen atoms in total. The number of amides is 2. The van der Waals surface area contributed by atoms with E-state index in [1.807, 2.05) is 60.4 Å². The van der Waals surface area contributed by atoms with Crippen molar-refractivity contribution in [2.45, 2.75) is 19.3 Å². The molecule has 2 amide bonds. The van der Waals surface area contributed by atoms with Crippen LogP contribution in [-0.4, -0.2) is 36.3 Å². The van der Waals surface area contributed by atoms with Crippen molar-refractivity contribution >= 4 is 11.8 Å². The van der Waals surface area contributed by atoms with Crippen LogP contribution < -0.4 is 5.32 Å². The number of nitrogens with zero attached hydrogens (tertiary/aromatic N) is 1. The van der Waals surface area contributed by atoms with Gasteiger partial charge in [-0.25, -0.2) is 0 Å². The van der Waals surface area contributed by atoms with E-state index in [1.54, 1.807) is 0 Å². The van der Waals surface area contributed by atoms with Crippen molar-refractivity contribution in [1.29, 1.82) is 0 Å². The Morgan fingerprint density at radius 2 is 1.64 bits per heavy atom. The van der Waals surface area contributed by atoms with Crippen molar-refractivity contribution in [1.82, 2.24) is 10.2 Å². The predicted octanol–water partition coefficient (Wildman–Crippen LogP) is 3.07. The van der Waals surface area contributed by atoms with Crippen LogP contribution in [0.2, 0.25) is 0 Å². The summed E-state index contributed by atoms with van der Waals surface area (Å²) in [4.78, 5) is 27.2. The number of likely N-dealkylation sites (tertiary alicyclic amines) is 1. The SMILES string of the molecule is CCNC(=O)[C@@H]1C[C@@H](c2ccccc2)CN(C(=O)c2ccccc2)C1. The lowest BCUT2D eigenvalue weighted by molar-refractivity contribution is -0.126. The van der Waals surface area contributed by atoms with Crippen LogP contribution in [0.5, 0.6) is 0 Å². The second-order valence-corrected chi connectivity index (χ2v) is 6.51. The zero-order chi connectivity index (χ0) is 17.6. The van der Waals surface area contributed by atoms with Crippen LogP contribution in [0.25, 0.3) is 0 Å². The molecule has 1 fully saturated rings. The third-order valence-corrected chi connectivity index (χ3v) is 4.75. The van der Waals surface area contributed by atoms with E-state index in [1.165, 1.54) is 5.56 Å². The van der Waals surface area contributed by atoms with Crippen molar-refractivity contribution in [3.63, 3.8) is 0 Å². The van der Waals surface area contributed by atoms with Gasteiger partial charge in [0.15, 0.2) is 0 Å². The summed E-state index contributed by atoms with van der Waals surface area (Å²) >= 11 is 0. The molecule has 0 radical (unpaired) electrons. The first-order chi connectivity index (χ1) is 12.2. The highest BCUT2D eigenvalue weighted by atomic mass is 16.2. The maximum absolute atomic E-state index is 12.9. The monoisotopic (exact) mass is 336 g/mol. The zero-order valence-corrected chi connectivity index (χ0v) is 14.5.